The van der Waals surface area contributed by atoms with Crippen molar-refractivity contribution in [2.75, 3.05) is 5.73 Å². The van der Waals surface area contributed by atoms with Crippen molar-refractivity contribution >= 4 is 16.8 Å². The molecule has 0 saturated carbocycles. The maximum atomic E-state index is 6.04. The maximum Gasteiger partial charge on any atom is 0.195 e. The average molecular weight is 246 g/mol. The molecule has 1 heterocycles. The van der Waals surface area contributed by atoms with Crippen LogP contribution in [0.3, 0.4) is 0 Å². The smallest absolute Gasteiger partial charge is 0.195 e. The zero-order valence-electron chi connectivity index (χ0n) is 11.7. The highest BCUT2D eigenvalue weighted by atomic mass is 16.3. The Morgan fingerprint density at radius 3 is 2.39 bits per heavy atom. The summed E-state index contributed by atoms with van der Waals surface area (Å²) in [5.74, 6) is 1.94. The molecular formula is C15H22N2O. The molecule has 0 amide bonds. The van der Waals surface area contributed by atoms with Crippen LogP contribution in [0.15, 0.2) is 16.5 Å². The molecule has 0 fully saturated rings. The fourth-order valence-electron chi connectivity index (χ4n) is 2.19. The Kier molecular flexibility index (Phi) is 3.60. The lowest BCUT2D eigenvalue weighted by atomic mass is 10.0. The number of nitrogens with two attached hydrogens (primary N) is 1. The molecule has 0 bridgehead atoms. The van der Waals surface area contributed by atoms with Gasteiger partial charge in [0.2, 0.25) is 0 Å². The Balaban J connectivity index is 2.39. The van der Waals surface area contributed by atoms with E-state index in [-0.39, 0.29) is 0 Å². The molecule has 0 atom stereocenters. The summed E-state index contributed by atoms with van der Waals surface area (Å²) >= 11 is 0. The molecule has 18 heavy (non-hydrogen) atoms. The topological polar surface area (TPSA) is 52.0 Å². The number of hydrogen-bond acceptors (Lipinski definition) is 3. The number of aromatic nitrogens is 1. The third-order valence-corrected chi connectivity index (χ3v) is 2.85. The Morgan fingerprint density at radius 1 is 1.11 bits per heavy atom. The van der Waals surface area contributed by atoms with Crippen molar-refractivity contribution in [2.24, 2.45) is 11.8 Å². The number of oxazole rings is 1. The van der Waals surface area contributed by atoms with Gasteiger partial charge >= 0.3 is 0 Å². The van der Waals surface area contributed by atoms with Gasteiger partial charge in [-0.3, -0.25) is 0 Å². The van der Waals surface area contributed by atoms with Gasteiger partial charge in [-0.25, -0.2) is 4.98 Å². The Morgan fingerprint density at radius 2 is 1.78 bits per heavy atom. The van der Waals surface area contributed by atoms with Gasteiger partial charge in [0.15, 0.2) is 11.5 Å². The van der Waals surface area contributed by atoms with Crippen LogP contribution in [0.1, 0.15) is 39.1 Å². The van der Waals surface area contributed by atoms with Crippen LogP contribution in [0.4, 0.5) is 5.69 Å². The third-order valence-electron chi connectivity index (χ3n) is 2.85. The molecule has 1 aromatic carbocycles. The second-order valence-corrected chi connectivity index (χ2v) is 5.84. The van der Waals surface area contributed by atoms with Gasteiger partial charge in [0.25, 0.3) is 0 Å². The fourth-order valence-corrected chi connectivity index (χ4v) is 2.19. The number of anilines is 1. The number of rotatable bonds is 4. The van der Waals surface area contributed by atoms with Crippen molar-refractivity contribution < 1.29 is 4.42 Å². The number of fused-ring (bicyclic) bond motifs is 1. The van der Waals surface area contributed by atoms with E-state index in [0.717, 1.165) is 29.8 Å². The summed E-state index contributed by atoms with van der Waals surface area (Å²) < 4.78 is 5.73. The highest BCUT2D eigenvalue weighted by molar-refractivity contribution is 5.85. The summed E-state index contributed by atoms with van der Waals surface area (Å²) in [4.78, 5) is 4.53. The molecule has 2 aromatic rings. The largest absolute Gasteiger partial charge is 0.439 e. The fraction of sp³-hybridized carbons (Fsp3) is 0.533. The van der Waals surface area contributed by atoms with E-state index in [9.17, 15) is 0 Å². The number of nitrogens with zero attached hydrogens (tertiary/aromatic N) is 1. The van der Waals surface area contributed by atoms with Crippen LogP contribution < -0.4 is 5.73 Å². The quantitative estimate of drug-likeness (QED) is 0.835. The van der Waals surface area contributed by atoms with Gasteiger partial charge in [0, 0.05) is 6.42 Å². The first-order valence-electron chi connectivity index (χ1n) is 6.63. The van der Waals surface area contributed by atoms with Crippen molar-refractivity contribution in [3.63, 3.8) is 0 Å². The van der Waals surface area contributed by atoms with Gasteiger partial charge < -0.3 is 10.2 Å². The molecule has 0 aliphatic heterocycles. The van der Waals surface area contributed by atoms with E-state index >= 15 is 0 Å². The molecule has 0 unspecified atom stereocenters. The van der Waals surface area contributed by atoms with Crippen molar-refractivity contribution in [1.29, 1.82) is 0 Å². The molecule has 2 rings (SSSR count). The first-order chi connectivity index (χ1) is 8.45. The molecule has 3 heteroatoms. The first kappa shape index (κ1) is 12.9. The highest BCUT2D eigenvalue weighted by Gasteiger charge is 2.12. The minimum Gasteiger partial charge on any atom is -0.439 e. The van der Waals surface area contributed by atoms with E-state index in [4.69, 9.17) is 10.2 Å². The predicted octanol–water partition coefficient (Wildman–Crippen LogP) is 3.81. The molecule has 0 radical (unpaired) electrons. The van der Waals surface area contributed by atoms with E-state index in [1.54, 1.807) is 0 Å². The van der Waals surface area contributed by atoms with Crippen LogP contribution in [0.2, 0.25) is 0 Å². The van der Waals surface area contributed by atoms with Gasteiger partial charge in [-0.15, -0.1) is 0 Å². The molecule has 0 saturated heterocycles. The van der Waals surface area contributed by atoms with Crippen LogP contribution in [-0.4, -0.2) is 4.98 Å². The molecular weight excluding hydrogens is 224 g/mol. The van der Waals surface area contributed by atoms with Crippen LogP contribution >= 0.6 is 0 Å². The second-order valence-electron chi connectivity index (χ2n) is 5.84. The summed E-state index contributed by atoms with van der Waals surface area (Å²) in [7, 11) is 0. The van der Waals surface area contributed by atoms with E-state index in [2.05, 4.69) is 38.7 Å². The van der Waals surface area contributed by atoms with Crippen molar-refractivity contribution in [3.8, 4) is 0 Å². The normalized spacial score (nSPS) is 11.9. The monoisotopic (exact) mass is 246 g/mol. The standard InChI is InChI=1S/C15H22N2O/c1-9(2)5-11-7-12(16)15-13(8-11)17-14(18-15)6-10(3)4/h7-10H,5-6,16H2,1-4H3. The Bertz CT molecular complexity index is 541. The lowest BCUT2D eigenvalue weighted by Gasteiger charge is -2.05. The SMILES string of the molecule is CC(C)Cc1cc(N)c2oc(CC(C)C)nc2c1. The number of nitrogen functional groups attached to an aromatic ring is 1. The molecule has 3 nitrogen and oxygen atoms in total. The van der Waals surface area contributed by atoms with Crippen LogP contribution in [0.5, 0.6) is 0 Å². The average Bonchev–Trinajstić information content (AvgIpc) is 2.58. The van der Waals surface area contributed by atoms with Gasteiger partial charge in [-0.2, -0.15) is 0 Å². The highest BCUT2D eigenvalue weighted by Crippen LogP contribution is 2.26. The zero-order chi connectivity index (χ0) is 13.3. The summed E-state index contributed by atoms with van der Waals surface area (Å²) in [5, 5.41) is 0. The molecule has 2 N–H and O–H groups in total. The molecule has 0 aliphatic rings. The predicted molar refractivity (Wildman–Crippen MR) is 75.5 cm³/mol. The number of hydrogen-bond donors (Lipinski definition) is 1. The van der Waals surface area contributed by atoms with E-state index in [0.29, 0.717) is 17.5 Å². The van der Waals surface area contributed by atoms with E-state index in [1.165, 1.54) is 5.56 Å². The Labute approximate surface area is 108 Å². The molecule has 1 aromatic heterocycles. The van der Waals surface area contributed by atoms with E-state index < -0.39 is 0 Å². The van der Waals surface area contributed by atoms with Gasteiger partial charge in [0.1, 0.15) is 5.52 Å². The molecule has 0 spiro atoms. The third kappa shape index (κ3) is 2.84. The van der Waals surface area contributed by atoms with Crippen LogP contribution in [-0.2, 0) is 12.8 Å². The number of benzene rings is 1. The summed E-state index contributed by atoms with van der Waals surface area (Å²) in [6, 6.07) is 4.10. The maximum absolute atomic E-state index is 6.04. The second kappa shape index (κ2) is 5.01. The lowest BCUT2D eigenvalue weighted by molar-refractivity contribution is 0.483. The minimum atomic E-state index is 0.537. The van der Waals surface area contributed by atoms with Crippen molar-refractivity contribution in [3.05, 3.63) is 23.6 Å². The van der Waals surface area contributed by atoms with Crippen LogP contribution in [0, 0.1) is 11.8 Å². The molecule has 0 aliphatic carbocycles. The van der Waals surface area contributed by atoms with Gasteiger partial charge in [-0.1, -0.05) is 27.7 Å². The first-order valence-corrected chi connectivity index (χ1v) is 6.63. The van der Waals surface area contributed by atoms with E-state index in [1.807, 2.05) is 6.07 Å². The zero-order valence-corrected chi connectivity index (χ0v) is 11.7. The summed E-state index contributed by atoms with van der Waals surface area (Å²) in [6.07, 6.45) is 1.88. The molecule has 98 valence electrons. The summed E-state index contributed by atoms with van der Waals surface area (Å²) in [5.41, 5.74) is 9.60. The van der Waals surface area contributed by atoms with Crippen molar-refractivity contribution in [2.45, 2.75) is 40.5 Å². The Hall–Kier alpha value is -1.51. The lowest BCUT2D eigenvalue weighted by Crippen LogP contribution is -1.96. The minimum absolute atomic E-state index is 0.537. The van der Waals surface area contributed by atoms with Crippen molar-refractivity contribution in [1.82, 2.24) is 4.98 Å². The van der Waals surface area contributed by atoms with Crippen LogP contribution in [0.25, 0.3) is 11.1 Å². The van der Waals surface area contributed by atoms with Gasteiger partial charge in [0.05, 0.1) is 5.69 Å². The summed E-state index contributed by atoms with van der Waals surface area (Å²) in [6.45, 7) is 8.71. The van der Waals surface area contributed by atoms with Gasteiger partial charge in [-0.05, 0) is 36.0 Å².